The van der Waals surface area contributed by atoms with Crippen molar-refractivity contribution >= 4 is 56.7 Å². The highest BCUT2D eigenvalue weighted by Crippen LogP contribution is 2.42. The normalized spacial score (nSPS) is 10.9. The molecule has 4 rings (SSSR count). The van der Waals surface area contributed by atoms with E-state index in [2.05, 4.69) is 25.2 Å². The van der Waals surface area contributed by atoms with Gasteiger partial charge in [-0.1, -0.05) is 87.7 Å². The van der Waals surface area contributed by atoms with Crippen LogP contribution in [0.5, 0.6) is 17.2 Å². The summed E-state index contributed by atoms with van der Waals surface area (Å²) in [6.45, 7) is 4.31. The van der Waals surface area contributed by atoms with Crippen molar-refractivity contribution in [2.75, 3.05) is 23.0 Å². The summed E-state index contributed by atoms with van der Waals surface area (Å²) in [4.78, 5) is 50.0. The molecule has 0 aromatic heterocycles. The average Bonchev–Trinajstić information content (AvgIpc) is 3.10. The minimum absolute atomic E-state index is 0.00654. The smallest absolute Gasteiger partial charge is 0.304 e. The van der Waals surface area contributed by atoms with Gasteiger partial charge in [-0.05, 0) is 55.0 Å². The molecule has 0 aliphatic rings. The van der Waals surface area contributed by atoms with Gasteiger partial charge in [0.1, 0.15) is 11.5 Å². The Morgan fingerprint density at radius 1 is 0.900 bits per heavy atom. The van der Waals surface area contributed by atoms with Gasteiger partial charge in [0.15, 0.2) is 5.75 Å². The topological polar surface area (TPSA) is 159 Å². The van der Waals surface area contributed by atoms with E-state index >= 15 is 0 Å². The van der Waals surface area contributed by atoms with Crippen molar-refractivity contribution in [3.63, 3.8) is 0 Å². The van der Waals surface area contributed by atoms with E-state index in [1.54, 1.807) is 24.3 Å². The summed E-state index contributed by atoms with van der Waals surface area (Å²) < 4.78 is 6.31. The summed E-state index contributed by atoms with van der Waals surface area (Å²) in [6.07, 6.45) is 7.99. The number of carboxylic acids is 1. The molecular formula is C38H43N3O8S. The largest absolute Gasteiger partial charge is 0.506 e. The number of unbranched alkanes of at least 4 members (excludes halogenated alkanes) is 4. The van der Waals surface area contributed by atoms with Gasteiger partial charge in [-0.15, -0.1) is 0 Å². The zero-order valence-corrected chi connectivity index (χ0v) is 29.4. The van der Waals surface area contributed by atoms with Crippen LogP contribution in [0.25, 0.3) is 10.8 Å². The van der Waals surface area contributed by atoms with Gasteiger partial charge in [0.05, 0.1) is 22.6 Å². The first-order valence-electron chi connectivity index (χ1n) is 16.8. The first-order valence-corrected chi connectivity index (χ1v) is 17.8. The fourth-order valence-electron chi connectivity index (χ4n) is 5.56. The number of nitro groups is 1. The van der Waals surface area contributed by atoms with Crippen LogP contribution in [0, 0.1) is 10.1 Å². The number of aromatic hydroxyl groups is 1. The lowest BCUT2D eigenvalue weighted by Crippen LogP contribution is -2.23. The van der Waals surface area contributed by atoms with E-state index in [0.717, 1.165) is 73.6 Å². The number of benzene rings is 4. The molecule has 12 heteroatoms. The number of nitrogens with zero attached hydrogens (tertiary/aromatic N) is 2. The predicted octanol–water partition coefficient (Wildman–Crippen LogP) is 9.73. The van der Waals surface area contributed by atoms with E-state index < -0.39 is 22.0 Å². The van der Waals surface area contributed by atoms with Gasteiger partial charge in [0.2, 0.25) is 0 Å². The third-order valence-corrected chi connectivity index (χ3v) is 9.24. The highest BCUT2D eigenvalue weighted by Gasteiger charge is 2.24. The van der Waals surface area contributed by atoms with Gasteiger partial charge in [-0.2, -0.15) is 0 Å². The fraction of sp³-hybridized carbons (Fsp3) is 0.342. The van der Waals surface area contributed by atoms with E-state index in [0.29, 0.717) is 16.5 Å². The number of fused-ring (bicyclic) bond motifs is 1. The van der Waals surface area contributed by atoms with E-state index in [4.69, 9.17) is 9.84 Å². The number of nitro benzene ring substituents is 1. The first-order chi connectivity index (χ1) is 24.0. The van der Waals surface area contributed by atoms with Crippen molar-refractivity contribution in [3.8, 4) is 17.2 Å². The van der Waals surface area contributed by atoms with E-state index in [9.17, 15) is 29.6 Å². The highest BCUT2D eigenvalue weighted by atomic mass is 32.2. The summed E-state index contributed by atoms with van der Waals surface area (Å²) >= 11 is 0.756. The minimum Gasteiger partial charge on any atom is -0.506 e. The number of aryl methyl sites for hydroxylation is 2. The molecule has 0 bridgehead atoms. The zero-order chi connectivity index (χ0) is 36.2. The van der Waals surface area contributed by atoms with Gasteiger partial charge in [-0.25, -0.2) is 0 Å². The Balaban J connectivity index is 1.71. The maximum Gasteiger partial charge on any atom is 0.304 e. The SMILES string of the molecule is CCCCCc1ccc(NC(=O)c2cc(Oc3ccc([N+](=O)[O-])cc3N(C)C(=O)SCCC(=O)O)c3ccccc3c2O)c(CCCCC)c1. The third kappa shape index (κ3) is 9.75. The summed E-state index contributed by atoms with van der Waals surface area (Å²) in [5, 5.41) is 35.2. The quantitative estimate of drug-likeness (QED) is 0.0553. The van der Waals surface area contributed by atoms with Crippen LogP contribution < -0.4 is 15.0 Å². The van der Waals surface area contributed by atoms with Crippen molar-refractivity contribution in [1.82, 2.24) is 0 Å². The molecule has 0 aliphatic carbocycles. The van der Waals surface area contributed by atoms with Crippen molar-refractivity contribution in [2.45, 2.75) is 71.6 Å². The van der Waals surface area contributed by atoms with Gasteiger partial charge in [0, 0.05) is 41.4 Å². The summed E-state index contributed by atoms with van der Waals surface area (Å²) in [6, 6.07) is 18.1. The van der Waals surface area contributed by atoms with Crippen LogP contribution in [-0.4, -0.2) is 45.1 Å². The molecule has 3 N–H and O–H groups in total. The Morgan fingerprint density at radius 3 is 2.28 bits per heavy atom. The van der Waals surface area contributed by atoms with E-state index in [-0.39, 0.29) is 46.4 Å². The number of ether oxygens (including phenoxy) is 1. The van der Waals surface area contributed by atoms with Crippen molar-refractivity contribution in [2.24, 2.45) is 0 Å². The second-order valence-corrected chi connectivity index (χ2v) is 13.1. The fourth-order valence-corrected chi connectivity index (χ4v) is 6.30. The Bertz CT molecular complexity index is 1860. The Morgan fingerprint density at radius 2 is 1.60 bits per heavy atom. The van der Waals surface area contributed by atoms with Gasteiger partial charge in [0.25, 0.3) is 16.8 Å². The molecular weight excluding hydrogens is 658 g/mol. The molecule has 0 aliphatic heterocycles. The lowest BCUT2D eigenvalue weighted by molar-refractivity contribution is -0.384. The third-order valence-electron chi connectivity index (χ3n) is 8.31. The summed E-state index contributed by atoms with van der Waals surface area (Å²) in [7, 11) is 1.41. The molecule has 0 atom stereocenters. The average molecular weight is 702 g/mol. The number of hydrogen-bond donors (Lipinski definition) is 3. The number of carbonyl (C=O) groups is 3. The number of anilines is 2. The number of rotatable bonds is 17. The number of phenolic OH excluding ortho intramolecular Hbond substituents is 1. The Kier molecular flexibility index (Phi) is 13.6. The summed E-state index contributed by atoms with van der Waals surface area (Å²) in [5.41, 5.74) is 2.65. The molecule has 4 aromatic rings. The Hall–Kier alpha value is -5.10. The predicted molar refractivity (Wildman–Crippen MR) is 198 cm³/mol. The van der Waals surface area contributed by atoms with Crippen LogP contribution in [0.3, 0.4) is 0 Å². The van der Waals surface area contributed by atoms with Crippen LogP contribution in [0.4, 0.5) is 21.9 Å². The number of carbonyl (C=O) groups excluding carboxylic acids is 2. The molecule has 264 valence electrons. The number of hydrogen-bond acceptors (Lipinski definition) is 8. The molecule has 0 heterocycles. The lowest BCUT2D eigenvalue weighted by atomic mass is 9.99. The number of phenols is 1. The van der Waals surface area contributed by atoms with E-state index in [1.807, 2.05) is 12.1 Å². The zero-order valence-electron chi connectivity index (χ0n) is 28.6. The number of carboxylic acid groups (broad SMARTS) is 1. The number of amides is 2. The van der Waals surface area contributed by atoms with Crippen molar-refractivity contribution in [1.29, 1.82) is 0 Å². The van der Waals surface area contributed by atoms with Crippen molar-refractivity contribution in [3.05, 3.63) is 93.5 Å². The maximum atomic E-state index is 13.9. The number of nitrogens with one attached hydrogen (secondary N) is 1. The maximum absolute atomic E-state index is 13.9. The van der Waals surface area contributed by atoms with E-state index in [1.165, 1.54) is 36.9 Å². The van der Waals surface area contributed by atoms with Crippen LogP contribution in [0.1, 0.15) is 80.3 Å². The van der Waals surface area contributed by atoms with Crippen LogP contribution in [-0.2, 0) is 17.6 Å². The molecule has 0 fully saturated rings. The standard InChI is InChI=1S/C38H43N3O8S/c1-4-6-8-12-25-16-18-31(26(22-25)13-9-7-5-2)39-37(45)30-24-34(28-14-10-11-15-29(28)36(30)44)49-33-19-17-27(41(47)48)23-32(33)40(3)38(46)50-21-20-35(42)43/h10-11,14-19,22-24,44H,4-9,12-13,20-21H2,1-3H3,(H,39,45)(H,42,43). The molecule has 0 saturated heterocycles. The van der Waals surface area contributed by atoms with Gasteiger partial charge < -0.3 is 25.2 Å². The monoisotopic (exact) mass is 701 g/mol. The minimum atomic E-state index is -1.06. The molecule has 0 unspecified atom stereocenters. The molecule has 11 nitrogen and oxygen atoms in total. The molecule has 0 spiro atoms. The van der Waals surface area contributed by atoms with Crippen LogP contribution in [0.2, 0.25) is 0 Å². The van der Waals surface area contributed by atoms with Crippen molar-refractivity contribution < 1.29 is 34.3 Å². The second kappa shape index (κ2) is 18.1. The highest BCUT2D eigenvalue weighted by molar-refractivity contribution is 8.13. The van der Waals surface area contributed by atoms with Gasteiger partial charge >= 0.3 is 5.97 Å². The molecule has 0 radical (unpaired) electrons. The molecule has 0 saturated carbocycles. The second-order valence-electron chi connectivity index (χ2n) is 12.0. The lowest BCUT2D eigenvalue weighted by Gasteiger charge is -2.21. The van der Waals surface area contributed by atoms with Crippen LogP contribution in [0.15, 0.2) is 66.7 Å². The first kappa shape index (κ1) is 37.7. The number of aliphatic carboxylic acids is 1. The number of thioether (sulfide) groups is 1. The Labute approximate surface area is 295 Å². The van der Waals surface area contributed by atoms with Gasteiger partial charge in [-0.3, -0.25) is 24.5 Å². The number of non-ortho nitro benzene ring substituents is 1. The molecule has 4 aromatic carbocycles. The molecule has 2 amide bonds. The molecule has 50 heavy (non-hydrogen) atoms. The van der Waals surface area contributed by atoms with Crippen LogP contribution >= 0.6 is 11.8 Å². The summed E-state index contributed by atoms with van der Waals surface area (Å²) in [5.74, 6) is -1.58.